The van der Waals surface area contributed by atoms with E-state index >= 15 is 0 Å². The van der Waals surface area contributed by atoms with Crippen molar-refractivity contribution in [3.05, 3.63) is 59.6 Å². The van der Waals surface area contributed by atoms with E-state index in [2.05, 4.69) is 26.7 Å². The second kappa shape index (κ2) is 8.86. The third kappa shape index (κ3) is 5.20. The molecule has 1 fully saturated rings. The molecule has 0 aromatic heterocycles. The van der Waals surface area contributed by atoms with Crippen LogP contribution in [0.25, 0.3) is 0 Å². The lowest BCUT2D eigenvalue weighted by molar-refractivity contribution is 0.255. The van der Waals surface area contributed by atoms with Crippen molar-refractivity contribution in [1.29, 1.82) is 0 Å². The summed E-state index contributed by atoms with van der Waals surface area (Å²) in [5.41, 5.74) is 1.20. The third-order valence-electron chi connectivity index (χ3n) is 4.56. The lowest BCUT2D eigenvalue weighted by Crippen LogP contribution is -2.47. The Bertz CT molecular complexity index is 789. The third-order valence-corrected chi connectivity index (χ3v) is 6.29. The zero-order valence-electron chi connectivity index (χ0n) is 14.6. The molecule has 2 aromatic rings. The van der Waals surface area contributed by atoms with Gasteiger partial charge in [-0.25, -0.2) is 13.1 Å². The minimum absolute atomic E-state index is 0.316. The summed E-state index contributed by atoms with van der Waals surface area (Å²) in [5.74, 6) is 0. The van der Waals surface area contributed by atoms with Crippen LogP contribution in [0.1, 0.15) is 6.42 Å². The van der Waals surface area contributed by atoms with Crippen LogP contribution in [0.2, 0.25) is 5.02 Å². The summed E-state index contributed by atoms with van der Waals surface area (Å²) in [4.78, 5) is 5.05. The van der Waals surface area contributed by atoms with E-state index in [4.69, 9.17) is 11.6 Å². The first-order chi connectivity index (χ1) is 12.5. The molecule has 0 amide bonds. The normalized spacial score (nSPS) is 16.0. The number of nitrogens with one attached hydrogen (secondary N) is 1. The zero-order valence-corrected chi connectivity index (χ0v) is 16.2. The maximum atomic E-state index is 12.2. The number of benzene rings is 2. The Morgan fingerprint density at radius 2 is 1.58 bits per heavy atom. The van der Waals surface area contributed by atoms with Crippen molar-refractivity contribution < 1.29 is 8.42 Å². The van der Waals surface area contributed by atoms with Crippen molar-refractivity contribution in [2.75, 3.05) is 44.2 Å². The molecule has 0 bridgehead atoms. The summed E-state index contributed by atoms with van der Waals surface area (Å²) < 4.78 is 27.0. The van der Waals surface area contributed by atoms with Gasteiger partial charge in [0.25, 0.3) is 0 Å². The molecule has 1 saturated heterocycles. The number of sulfonamides is 1. The van der Waals surface area contributed by atoms with Crippen molar-refractivity contribution in [2.45, 2.75) is 11.3 Å². The Balaban J connectivity index is 1.38. The molecule has 0 spiro atoms. The van der Waals surface area contributed by atoms with Gasteiger partial charge in [-0.2, -0.15) is 0 Å². The van der Waals surface area contributed by atoms with E-state index in [0.717, 1.165) is 44.2 Å². The van der Waals surface area contributed by atoms with Crippen LogP contribution in [0, 0.1) is 0 Å². The molecule has 0 radical (unpaired) electrons. The molecule has 140 valence electrons. The molecule has 0 atom stereocenters. The molecular weight excluding hydrogens is 370 g/mol. The van der Waals surface area contributed by atoms with Crippen LogP contribution in [0.5, 0.6) is 0 Å². The number of hydrogen-bond donors (Lipinski definition) is 1. The summed E-state index contributed by atoms with van der Waals surface area (Å²) in [6, 6.07) is 16.4. The molecular formula is C19H24ClN3O2S. The second-order valence-corrected chi connectivity index (χ2v) is 8.57. The highest BCUT2D eigenvalue weighted by Gasteiger charge is 2.17. The largest absolute Gasteiger partial charge is 0.369 e. The number of piperazine rings is 1. The summed E-state index contributed by atoms with van der Waals surface area (Å²) in [5, 5.41) is 0.755. The van der Waals surface area contributed by atoms with Crippen LogP contribution in [-0.2, 0) is 10.0 Å². The van der Waals surface area contributed by atoms with Crippen LogP contribution in [-0.4, -0.2) is 52.6 Å². The Kier molecular flexibility index (Phi) is 6.53. The van der Waals surface area contributed by atoms with Crippen molar-refractivity contribution in [1.82, 2.24) is 9.62 Å². The molecule has 1 aliphatic heterocycles. The molecule has 3 rings (SSSR count). The van der Waals surface area contributed by atoms with Crippen molar-refractivity contribution in [3.8, 4) is 0 Å². The second-order valence-electron chi connectivity index (χ2n) is 6.37. The van der Waals surface area contributed by atoms with Crippen LogP contribution < -0.4 is 9.62 Å². The van der Waals surface area contributed by atoms with Gasteiger partial charge in [-0.15, -0.1) is 0 Å². The van der Waals surface area contributed by atoms with Gasteiger partial charge in [-0.1, -0.05) is 29.8 Å². The Labute approximate surface area is 160 Å². The zero-order chi connectivity index (χ0) is 18.4. The van der Waals surface area contributed by atoms with E-state index in [1.807, 2.05) is 18.2 Å². The first-order valence-electron chi connectivity index (χ1n) is 8.82. The molecule has 26 heavy (non-hydrogen) atoms. The van der Waals surface area contributed by atoms with Gasteiger partial charge in [-0.05, 0) is 49.4 Å². The fourth-order valence-electron chi connectivity index (χ4n) is 3.07. The molecule has 1 heterocycles. The fourth-order valence-corrected chi connectivity index (χ4v) is 4.29. The maximum Gasteiger partial charge on any atom is 0.240 e. The SMILES string of the molecule is O=S(=O)(NCCCN1CCN(c2ccc(Cl)cc2)CC1)c1ccccc1. The molecule has 1 N–H and O–H groups in total. The molecule has 0 unspecified atom stereocenters. The van der Waals surface area contributed by atoms with E-state index in [1.165, 1.54) is 5.69 Å². The quantitative estimate of drug-likeness (QED) is 0.735. The van der Waals surface area contributed by atoms with Gasteiger partial charge in [0.1, 0.15) is 0 Å². The maximum absolute atomic E-state index is 12.2. The molecule has 0 saturated carbocycles. The highest BCUT2D eigenvalue weighted by Crippen LogP contribution is 2.19. The van der Waals surface area contributed by atoms with Gasteiger partial charge in [0.05, 0.1) is 4.90 Å². The van der Waals surface area contributed by atoms with E-state index in [-0.39, 0.29) is 0 Å². The number of anilines is 1. The number of halogens is 1. The minimum Gasteiger partial charge on any atom is -0.369 e. The van der Waals surface area contributed by atoms with E-state index in [9.17, 15) is 8.42 Å². The van der Waals surface area contributed by atoms with Crippen LogP contribution >= 0.6 is 11.6 Å². The van der Waals surface area contributed by atoms with Gasteiger partial charge >= 0.3 is 0 Å². The smallest absolute Gasteiger partial charge is 0.240 e. The Hall–Kier alpha value is -1.60. The summed E-state index contributed by atoms with van der Waals surface area (Å²) in [6.07, 6.45) is 0.799. The van der Waals surface area contributed by atoms with Crippen LogP contribution in [0.3, 0.4) is 0 Å². The topological polar surface area (TPSA) is 52.7 Å². The van der Waals surface area contributed by atoms with Gasteiger partial charge < -0.3 is 4.90 Å². The van der Waals surface area contributed by atoms with Crippen molar-refractivity contribution in [2.24, 2.45) is 0 Å². The van der Waals surface area contributed by atoms with E-state index in [0.29, 0.717) is 11.4 Å². The predicted octanol–water partition coefficient (Wildman–Crippen LogP) is 2.83. The van der Waals surface area contributed by atoms with Crippen molar-refractivity contribution >= 4 is 27.3 Å². The molecule has 1 aliphatic rings. The van der Waals surface area contributed by atoms with E-state index in [1.54, 1.807) is 24.3 Å². The predicted molar refractivity (Wildman–Crippen MR) is 106 cm³/mol. The Morgan fingerprint density at radius 3 is 2.23 bits per heavy atom. The molecule has 2 aromatic carbocycles. The van der Waals surface area contributed by atoms with E-state index < -0.39 is 10.0 Å². The average molecular weight is 394 g/mol. The standard InChI is InChI=1S/C19H24ClN3O2S/c20-17-7-9-18(10-8-17)23-15-13-22(14-16-23)12-4-11-21-26(24,25)19-5-2-1-3-6-19/h1-3,5-10,21H,4,11-16H2. The number of nitrogens with zero attached hydrogens (tertiary/aromatic N) is 2. The highest BCUT2D eigenvalue weighted by atomic mass is 35.5. The fraction of sp³-hybridized carbons (Fsp3) is 0.368. The average Bonchev–Trinajstić information content (AvgIpc) is 2.67. The summed E-state index contributed by atoms with van der Waals surface area (Å²) in [6.45, 7) is 5.25. The molecule has 5 nitrogen and oxygen atoms in total. The minimum atomic E-state index is -3.40. The summed E-state index contributed by atoms with van der Waals surface area (Å²) in [7, 11) is -3.40. The van der Waals surface area contributed by atoms with Crippen LogP contribution in [0.4, 0.5) is 5.69 Å². The first kappa shape index (κ1) is 19.2. The lowest BCUT2D eigenvalue weighted by Gasteiger charge is -2.36. The van der Waals surface area contributed by atoms with Gasteiger partial charge in [-0.3, -0.25) is 4.90 Å². The van der Waals surface area contributed by atoms with Gasteiger partial charge in [0.15, 0.2) is 0 Å². The first-order valence-corrected chi connectivity index (χ1v) is 10.7. The van der Waals surface area contributed by atoms with Gasteiger partial charge in [0.2, 0.25) is 10.0 Å². The number of hydrogen-bond acceptors (Lipinski definition) is 4. The monoisotopic (exact) mass is 393 g/mol. The Morgan fingerprint density at radius 1 is 0.923 bits per heavy atom. The number of rotatable bonds is 7. The highest BCUT2D eigenvalue weighted by molar-refractivity contribution is 7.89. The van der Waals surface area contributed by atoms with Crippen LogP contribution in [0.15, 0.2) is 59.5 Å². The van der Waals surface area contributed by atoms with Crippen molar-refractivity contribution in [3.63, 3.8) is 0 Å². The summed E-state index contributed by atoms with van der Waals surface area (Å²) >= 11 is 5.94. The molecule has 0 aliphatic carbocycles. The van der Waals surface area contributed by atoms with Gasteiger partial charge in [0, 0.05) is 43.4 Å². The lowest BCUT2D eigenvalue weighted by atomic mass is 10.2. The molecule has 7 heteroatoms.